The van der Waals surface area contributed by atoms with Crippen LogP contribution >= 0.6 is 0 Å². The van der Waals surface area contributed by atoms with E-state index in [0.29, 0.717) is 5.69 Å². The molecule has 0 N–H and O–H groups in total. The van der Waals surface area contributed by atoms with Crippen LogP contribution in [0.3, 0.4) is 0 Å². The van der Waals surface area contributed by atoms with E-state index in [1.165, 1.54) is 41.3 Å². The Morgan fingerprint density at radius 2 is 1.37 bits per heavy atom. The topological polar surface area (TPSA) is 67.4 Å². The number of nitriles is 1. The highest BCUT2D eigenvalue weighted by molar-refractivity contribution is 5.84. The normalized spacial score (nSPS) is 12.4. The van der Waals surface area contributed by atoms with E-state index < -0.39 is 23.5 Å². The lowest BCUT2D eigenvalue weighted by atomic mass is 10.1. The standard InChI is InChI=1S/C24H13F6N5/c25-23(26,27)18-8-4-15(5-9-18)21-33-22(16-6-10-19(11-7-16)24(28,29)30)35(34-21)14-17(13-31)20-3-1-2-12-32-20/h1-12,14H. The number of halogens is 6. The molecular weight excluding hydrogens is 472 g/mol. The molecule has 2 heterocycles. The third-order valence-corrected chi connectivity index (χ3v) is 4.88. The maximum Gasteiger partial charge on any atom is 0.416 e. The van der Waals surface area contributed by atoms with Gasteiger partial charge < -0.3 is 0 Å². The first kappa shape index (κ1) is 23.7. The average molecular weight is 485 g/mol. The van der Waals surface area contributed by atoms with Crippen LogP contribution in [0.25, 0.3) is 34.5 Å². The van der Waals surface area contributed by atoms with Gasteiger partial charge >= 0.3 is 12.4 Å². The van der Waals surface area contributed by atoms with Crippen LogP contribution in [0.2, 0.25) is 0 Å². The first-order chi connectivity index (χ1) is 16.6. The smallest absolute Gasteiger partial charge is 0.255 e. The summed E-state index contributed by atoms with van der Waals surface area (Å²) in [5.74, 6) is 0.0977. The second kappa shape index (κ2) is 9.06. The van der Waals surface area contributed by atoms with Gasteiger partial charge in [-0.1, -0.05) is 30.3 Å². The predicted octanol–water partition coefficient (Wildman–Crippen LogP) is 6.57. The fourth-order valence-corrected chi connectivity index (χ4v) is 3.15. The van der Waals surface area contributed by atoms with Crippen LogP contribution in [-0.4, -0.2) is 19.7 Å². The minimum atomic E-state index is -4.54. The summed E-state index contributed by atoms with van der Waals surface area (Å²) in [7, 11) is 0. The van der Waals surface area contributed by atoms with Crippen molar-refractivity contribution in [3.8, 4) is 28.8 Å². The molecule has 176 valence electrons. The molecule has 0 saturated carbocycles. The molecule has 35 heavy (non-hydrogen) atoms. The molecule has 0 aliphatic heterocycles. The zero-order valence-electron chi connectivity index (χ0n) is 17.5. The molecule has 4 rings (SSSR count). The van der Waals surface area contributed by atoms with Gasteiger partial charge in [-0.3, -0.25) is 4.98 Å². The number of hydrogen-bond acceptors (Lipinski definition) is 4. The third-order valence-electron chi connectivity index (χ3n) is 4.88. The second-order valence-corrected chi connectivity index (χ2v) is 7.22. The van der Waals surface area contributed by atoms with E-state index in [4.69, 9.17) is 0 Å². The van der Waals surface area contributed by atoms with Crippen LogP contribution in [0.5, 0.6) is 0 Å². The van der Waals surface area contributed by atoms with E-state index in [2.05, 4.69) is 15.1 Å². The summed E-state index contributed by atoms with van der Waals surface area (Å²) < 4.78 is 78.9. The molecule has 2 aromatic carbocycles. The Morgan fingerprint density at radius 3 is 1.86 bits per heavy atom. The summed E-state index contributed by atoms with van der Waals surface area (Å²) in [6, 6.07) is 15.2. The molecule has 0 amide bonds. The zero-order valence-corrected chi connectivity index (χ0v) is 17.5. The van der Waals surface area contributed by atoms with E-state index in [-0.39, 0.29) is 28.3 Å². The number of alkyl halides is 6. The molecule has 0 unspecified atom stereocenters. The maximum atomic E-state index is 13.0. The van der Waals surface area contributed by atoms with Crippen LogP contribution in [0.1, 0.15) is 16.8 Å². The summed E-state index contributed by atoms with van der Waals surface area (Å²) in [5.41, 5.74) is -0.821. The number of pyridine rings is 1. The Morgan fingerprint density at radius 1 is 0.800 bits per heavy atom. The lowest BCUT2D eigenvalue weighted by molar-refractivity contribution is -0.138. The maximum absolute atomic E-state index is 13.0. The summed E-state index contributed by atoms with van der Waals surface area (Å²) in [6.07, 6.45) is -6.28. The largest absolute Gasteiger partial charge is 0.416 e. The number of benzene rings is 2. The molecule has 0 aliphatic rings. The van der Waals surface area contributed by atoms with E-state index in [1.54, 1.807) is 18.2 Å². The van der Waals surface area contributed by atoms with Crippen molar-refractivity contribution < 1.29 is 26.3 Å². The first-order valence-corrected chi connectivity index (χ1v) is 9.91. The average Bonchev–Trinajstić information content (AvgIpc) is 3.26. The molecule has 0 atom stereocenters. The molecule has 5 nitrogen and oxygen atoms in total. The van der Waals surface area contributed by atoms with E-state index in [0.717, 1.165) is 24.3 Å². The van der Waals surface area contributed by atoms with Gasteiger partial charge in [0.05, 0.1) is 28.6 Å². The highest BCUT2D eigenvalue weighted by Crippen LogP contribution is 2.33. The summed E-state index contributed by atoms with van der Waals surface area (Å²) >= 11 is 0. The van der Waals surface area contributed by atoms with Crippen LogP contribution < -0.4 is 0 Å². The van der Waals surface area contributed by atoms with Gasteiger partial charge in [-0.05, 0) is 36.4 Å². The Kier molecular flexibility index (Phi) is 6.13. The lowest BCUT2D eigenvalue weighted by Gasteiger charge is -2.07. The van der Waals surface area contributed by atoms with Crippen LogP contribution in [-0.2, 0) is 12.4 Å². The molecular formula is C24H13F6N5. The molecule has 2 aromatic heterocycles. The molecule has 0 saturated heterocycles. The number of allylic oxidation sites excluding steroid dienone is 1. The number of hydrogen-bond donors (Lipinski definition) is 0. The molecule has 4 aromatic rings. The monoisotopic (exact) mass is 485 g/mol. The Labute approximate surface area is 194 Å². The number of aromatic nitrogens is 4. The highest BCUT2D eigenvalue weighted by Gasteiger charge is 2.31. The zero-order chi connectivity index (χ0) is 25.2. The minimum absolute atomic E-state index is 0.0168. The van der Waals surface area contributed by atoms with Gasteiger partial charge in [0.15, 0.2) is 11.6 Å². The Bertz CT molecular complexity index is 1390. The SMILES string of the molecule is N#CC(=Cn1nc(-c2ccc(C(F)(F)F)cc2)nc1-c1ccc(C(F)(F)F)cc1)c1ccccn1. The quantitative estimate of drug-likeness (QED) is 0.242. The van der Waals surface area contributed by atoms with Crippen LogP contribution in [0.4, 0.5) is 26.3 Å². The predicted molar refractivity (Wildman–Crippen MR) is 115 cm³/mol. The van der Waals surface area contributed by atoms with Crippen molar-refractivity contribution in [2.24, 2.45) is 0 Å². The van der Waals surface area contributed by atoms with Gasteiger partial charge in [0.25, 0.3) is 0 Å². The third kappa shape index (κ3) is 5.22. The van der Waals surface area contributed by atoms with Gasteiger partial charge in [-0.2, -0.15) is 31.6 Å². The summed E-state index contributed by atoms with van der Waals surface area (Å²) in [5, 5.41) is 13.9. The van der Waals surface area contributed by atoms with Crippen molar-refractivity contribution in [1.82, 2.24) is 19.7 Å². The van der Waals surface area contributed by atoms with Gasteiger partial charge in [-0.25, -0.2) is 9.67 Å². The Balaban J connectivity index is 1.83. The lowest BCUT2D eigenvalue weighted by Crippen LogP contribution is -2.04. The van der Waals surface area contributed by atoms with Gasteiger partial charge in [0.2, 0.25) is 0 Å². The number of rotatable bonds is 4. The van der Waals surface area contributed by atoms with Crippen molar-refractivity contribution in [1.29, 1.82) is 5.26 Å². The molecule has 11 heteroatoms. The van der Waals surface area contributed by atoms with Crippen molar-refractivity contribution in [3.63, 3.8) is 0 Å². The molecule has 0 bridgehead atoms. The van der Waals surface area contributed by atoms with Gasteiger partial charge in [0.1, 0.15) is 6.07 Å². The minimum Gasteiger partial charge on any atom is -0.255 e. The number of nitrogens with zero attached hydrogens (tertiary/aromatic N) is 5. The Hall–Kier alpha value is -4.46. The summed E-state index contributed by atoms with van der Waals surface area (Å²) in [6.45, 7) is 0. The van der Waals surface area contributed by atoms with E-state index in [1.807, 2.05) is 6.07 Å². The van der Waals surface area contributed by atoms with Crippen molar-refractivity contribution in [2.45, 2.75) is 12.4 Å². The fraction of sp³-hybridized carbons (Fsp3) is 0.0833. The second-order valence-electron chi connectivity index (χ2n) is 7.22. The molecule has 0 aliphatic carbocycles. The van der Waals surface area contributed by atoms with E-state index in [9.17, 15) is 31.6 Å². The van der Waals surface area contributed by atoms with Crippen molar-refractivity contribution in [2.75, 3.05) is 0 Å². The van der Waals surface area contributed by atoms with Crippen molar-refractivity contribution >= 4 is 11.8 Å². The van der Waals surface area contributed by atoms with Gasteiger partial charge in [0, 0.05) is 17.3 Å². The molecule has 0 fully saturated rings. The van der Waals surface area contributed by atoms with Crippen LogP contribution in [0.15, 0.2) is 72.9 Å². The van der Waals surface area contributed by atoms with E-state index >= 15 is 0 Å². The highest BCUT2D eigenvalue weighted by atomic mass is 19.4. The van der Waals surface area contributed by atoms with Crippen molar-refractivity contribution in [3.05, 3.63) is 89.7 Å². The molecule has 0 spiro atoms. The molecule has 0 radical (unpaired) electrons. The van der Waals surface area contributed by atoms with Gasteiger partial charge in [-0.15, -0.1) is 5.10 Å². The summed E-state index contributed by atoms with van der Waals surface area (Å²) in [4.78, 5) is 8.43. The first-order valence-electron chi connectivity index (χ1n) is 9.91. The van der Waals surface area contributed by atoms with Crippen LogP contribution in [0, 0.1) is 11.3 Å². The fourth-order valence-electron chi connectivity index (χ4n) is 3.15.